The molecule has 36 heavy (non-hydrogen) atoms. The Hall–Kier alpha value is -4.70. The van der Waals surface area contributed by atoms with Crippen molar-refractivity contribution in [2.75, 3.05) is 7.11 Å². The van der Waals surface area contributed by atoms with Gasteiger partial charge in [0.2, 0.25) is 0 Å². The Morgan fingerprint density at radius 3 is 2.56 bits per heavy atom. The lowest BCUT2D eigenvalue weighted by molar-refractivity contribution is -0.384. The zero-order valence-corrected chi connectivity index (χ0v) is 19.8. The fourth-order valence-corrected chi connectivity index (χ4v) is 4.92. The topological polar surface area (TPSA) is 117 Å². The number of non-ortho nitro benzene ring substituents is 1. The zero-order valence-electron chi connectivity index (χ0n) is 19.0. The van der Waals surface area contributed by atoms with E-state index < -0.39 is 16.8 Å². The second kappa shape index (κ2) is 9.51. The van der Waals surface area contributed by atoms with Crippen LogP contribution in [0.3, 0.4) is 0 Å². The predicted octanol–water partition coefficient (Wildman–Crippen LogP) is 4.74. The van der Waals surface area contributed by atoms with Crippen LogP contribution in [0.1, 0.15) is 10.4 Å². The maximum atomic E-state index is 13.5. The third kappa shape index (κ3) is 4.37. The highest BCUT2D eigenvalue weighted by Crippen LogP contribution is 2.26. The fourth-order valence-electron chi connectivity index (χ4n) is 3.86. The number of para-hydroxylation sites is 1. The predicted molar refractivity (Wildman–Crippen MR) is 136 cm³/mol. The molecule has 178 valence electrons. The number of nitro groups is 1. The van der Waals surface area contributed by atoms with Gasteiger partial charge in [-0.25, -0.2) is 4.98 Å². The lowest BCUT2D eigenvalue weighted by Crippen LogP contribution is -2.22. The van der Waals surface area contributed by atoms with Crippen LogP contribution in [0.2, 0.25) is 0 Å². The highest BCUT2D eigenvalue weighted by atomic mass is 32.1. The molecule has 0 atom stereocenters. The van der Waals surface area contributed by atoms with Crippen LogP contribution in [-0.4, -0.2) is 33.5 Å². The van der Waals surface area contributed by atoms with Crippen LogP contribution in [0.5, 0.6) is 0 Å². The first-order valence-electron chi connectivity index (χ1n) is 10.8. The molecule has 5 aromatic rings. The molecule has 0 N–H and O–H groups in total. The van der Waals surface area contributed by atoms with E-state index in [4.69, 9.17) is 9.72 Å². The van der Waals surface area contributed by atoms with Crippen LogP contribution in [-0.2, 0) is 16.1 Å². The third-order valence-electron chi connectivity index (χ3n) is 5.61. The number of thiazole rings is 1. The van der Waals surface area contributed by atoms with Gasteiger partial charge in [-0.1, -0.05) is 59.9 Å². The number of amides is 1. The van der Waals surface area contributed by atoms with Crippen LogP contribution >= 0.6 is 11.3 Å². The van der Waals surface area contributed by atoms with Crippen molar-refractivity contribution in [3.63, 3.8) is 0 Å². The number of carbonyl (C=O) groups excluding carboxylic acids is 2. The number of carbonyl (C=O) groups is 2. The van der Waals surface area contributed by atoms with Crippen molar-refractivity contribution in [1.82, 2.24) is 9.55 Å². The summed E-state index contributed by atoms with van der Waals surface area (Å²) in [4.78, 5) is 45.7. The zero-order chi connectivity index (χ0) is 25.2. The maximum absolute atomic E-state index is 13.5. The quantitative estimate of drug-likeness (QED) is 0.196. The number of hydrogen-bond acceptors (Lipinski definition) is 7. The van der Waals surface area contributed by atoms with E-state index in [0.29, 0.717) is 32.4 Å². The number of hydrogen-bond donors (Lipinski definition) is 0. The summed E-state index contributed by atoms with van der Waals surface area (Å²) >= 11 is 1.08. The van der Waals surface area contributed by atoms with E-state index in [1.165, 1.54) is 29.9 Å². The molecule has 0 aliphatic carbocycles. The lowest BCUT2D eigenvalue weighted by atomic mass is 10.0. The average Bonchev–Trinajstić information content (AvgIpc) is 3.23. The molecule has 0 fully saturated rings. The minimum Gasteiger partial charge on any atom is -0.468 e. The van der Waals surface area contributed by atoms with Crippen molar-refractivity contribution in [1.29, 1.82) is 0 Å². The largest absolute Gasteiger partial charge is 0.468 e. The van der Waals surface area contributed by atoms with Gasteiger partial charge in [0.05, 0.1) is 39.0 Å². The van der Waals surface area contributed by atoms with Crippen LogP contribution in [0.25, 0.3) is 32.4 Å². The molecule has 0 radical (unpaired) electrons. The number of pyridine rings is 1. The average molecular weight is 499 g/mol. The Bertz CT molecular complexity index is 1720. The van der Waals surface area contributed by atoms with Crippen molar-refractivity contribution in [3.05, 3.63) is 99.3 Å². The van der Waals surface area contributed by atoms with Gasteiger partial charge in [0, 0.05) is 23.1 Å². The van der Waals surface area contributed by atoms with Crippen LogP contribution in [0.4, 0.5) is 5.69 Å². The molecular weight excluding hydrogens is 480 g/mol. The molecule has 0 unspecified atom stereocenters. The molecule has 0 aliphatic heterocycles. The van der Waals surface area contributed by atoms with Crippen LogP contribution in [0, 0.1) is 10.1 Å². The summed E-state index contributed by atoms with van der Waals surface area (Å²) in [6.45, 7) is -0.202. The summed E-state index contributed by atoms with van der Waals surface area (Å²) in [6, 6.07) is 22.8. The molecule has 1 amide bonds. The molecule has 5 rings (SSSR count). The van der Waals surface area contributed by atoms with Gasteiger partial charge >= 0.3 is 5.97 Å². The van der Waals surface area contributed by atoms with E-state index in [1.807, 2.05) is 48.5 Å². The third-order valence-corrected chi connectivity index (χ3v) is 6.65. The normalized spacial score (nSPS) is 11.6. The summed E-state index contributed by atoms with van der Waals surface area (Å²) < 4.78 is 6.84. The number of methoxy groups -OCH3 is 1. The summed E-state index contributed by atoms with van der Waals surface area (Å²) in [6.07, 6.45) is 0. The molecule has 0 saturated heterocycles. The summed E-state index contributed by atoms with van der Waals surface area (Å²) in [5.41, 5.74) is 2.92. The minimum atomic E-state index is -0.539. The van der Waals surface area contributed by atoms with Crippen molar-refractivity contribution in [3.8, 4) is 11.3 Å². The monoisotopic (exact) mass is 498 g/mol. The summed E-state index contributed by atoms with van der Waals surface area (Å²) in [5, 5.41) is 11.9. The molecule has 2 heterocycles. The van der Waals surface area contributed by atoms with E-state index >= 15 is 0 Å². The van der Waals surface area contributed by atoms with Gasteiger partial charge in [-0.2, -0.15) is 4.99 Å². The molecule has 0 saturated carbocycles. The first-order valence-corrected chi connectivity index (χ1v) is 11.6. The molecule has 0 aliphatic rings. The molecule has 3 aromatic carbocycles. The van der Waals surface area contributed by atoms with Gasteiger partial charge in [0.25, 0.3) is 11.6 Å². The Morgan fingerprint density at radius 2 is 1.81 bits per heavy atom. The van der Waals surface area contributed by atoms with E-state index in [0.717, 1.165) is 16.9 Å². The molecule has 9 nitrogen and oxygen atoms in total. The molecule has 0 spiro atoms. The number of benzene rings is 3. The standard InChI is InChI=1S/C26H18N4O5S/c1-35-24(31)15-29-22-12-11-17(30(33)34)13-23(22)36-26(29)28-25(32)19-14-21(16-7-3-2-4-8-16)27-20-10-6-5-9-18(19)20/h2-14H,15H2,1H3. The number of fused-ring (bicyclic) bond motifs is 2. The smallest absolute Gasteiger partial charge is 0.325 e. The van der Waals surface area contributed by atoms with E-state index in [9.17, 15) is 19.7 Å². The number of esters is 1. The van der Waals surface area contributed by atoms with Crippen molar-refractivity contribution >= 4 is 50.0 Å². The highest BCUT2D eigenvalue weighted by molar-refractivity contribution is 7.16. The van der Waals surface area contributed by atoms with Crippen molar-refractivity contribution in [2.24, 2.45) is 4.99 Å². The van der Waals surface area contributed by atoms with Gasteiger partial charge < -0.3 is 9.30 Å². The molecular formula is C26H18N4O5S. The summed E-state index contributed by atoms with van der Waals surface area (Å²) in [5.74, 6) is -1.06. The first kappa shape index (κ1) is 23.1. The van der Waals surface area contributed by atoms with Gasteiger partial charge in [0.15, 0.2) is 4.80 Å². The Morgan fingerprint density at radius 1 is 1.06 bits per heavy atom. The van der Waals surface area contributed by atoms with E-state index in [1.54, 1.807) is 12.1 Å². The second-order valence-corrected chi connectivity index (χ2v) is 8.82. The minimum absolute atomic E-state index is 0.0977. The molecule has 2 aromatic heterocycles. The lowest BCUT2D eigenvalue weighted by Gasteiger charge is -2.08. The van der Waals surface area contributed by atoms with Crippen molar-refractivity contribution < 1.29 is 19.2 Å². The fraction of sp³-hybridized carbons (Fsp3) is 0.0769. The number of rotatable bonds is 5. The van der Waals surface area contributed by atoms with Gasteiger partial charge in [-0.05, 0) is 18.2 Å². The summed E-state index contributed by atoms with van der Waals surface area (Å²) in [7, 11) is 1.26. The van der Waals surface area contributed by atoms with Gasteiger partial charge in [-0.15, -0.1) is 0 Å². The van der Waals surface area contributed by atoms with Gasteiger partial charge in [0.1, 0.15) is 6.54 Å². The van der Waals surface area contributed by atoms with Crippen LogP contribution < -0.4 is 4.80 Å². The van der Waals surface area contributed by atoms with E-state index in [-0.39, 0.29) is 17.0 Å². The van der Waals surface area contributed by atoms with Gasteiger partial charge in [-0.3, -0.25) is 19.7 Å². The van der Waals surface area contributed by atoms with Crippen molar-refractivity contribution in [2.45, 2.75) is 6.54 Å². The number of aromatic nitrogens is 2. The van der Waals surface area contributed by atoms with E-state index in [2.05, 4.69) is 4.99 Å². The van der Waals surface area contributed by atoms with Crippen LogP contribution in [0.15, 0.2) is 83.9 Å². The Labute approximate surface area is 208 Å². The number of ether oxygens (including phenoxy) is 1. The number of nitrogens with zero attached hydrogens (tertiary/aromatic N) is 4. The molecule has 0 bridgehead atoms. The number of nitro benzene ring substituents is 1. The maximum Gasteiger partial charge on any atom is 0.325 e. The Kier molecular flexibility index (Phi) is 6.09. The first-order chi connectivity index (χ1) is 17.4. The second-order valence-electron chi connectivity index (χ2n) is 7.81. The highest BCUT2D eigenvalue weighted by Gasteiger charge is 2.17. The Balaban J connectivity index is 1.70. The molecule has 10 heteroatoms. The SMILES string of the molecule is COC(=O)Cn1c(=NC(=O)c2cc(-c3ccccc3)nc3ccccc23)sc2cc([N+](=O)[O-])ccc21.